The molecule has 2 rings (SSSR count). The van der Waals surface area contributed by atoms with E-state index in [1.165, 1.54) is 31.2 Å². The Morgan fingerprint density at radius 3 is 2.82 bits per heavy atom. The Labute approximate surface area is 110 Å². The summed E-state index contributed by atoms with van der Waals surface area (Å²) in [5.74, 6) is 0. The molecule has 1 unspecified atom stereocenters. The van der Waals surface area contributed by atoms with Crippen LogP contribution < -0.4 is 5.32 Å². The highest BCUT2D eigenvalue weighted by Crippen LogP contribution is 2.34. The molecule has 94 valence electrons. The predicted octanol–water partition coefficient (Wildman–Crippen LogP) is 4.42. The van der Waals surface area contributed by atoms with Gasteiger partial charge in [0, 0.05) is 10.6 Å². The lowest BCUT2D eigenvalue weighted by Gasteiger charge is -2.34. The van der Waals surface area contributed by atoms with E-state index >= 15 is 0 Å². The number of hydrogen-bond donors (Lipinski definition) is 1. The van der Waals surface area contributed by atoms with Gasteiger partial charge in [-0.2, -0.15) is 0 Å². The molecule has 0 spiro atoms. The molecule has 2 heteroatoms. The largest absolute Gasteiger partial charge is 0.307 e. The lowest BCUT2D eigenvalue weighted by molar-refractivity contribution is 0.312. The van der Waals surface area contributed by atoms with Gasteiger partial charge in [-0.25, -0.2) is 0 Å². The highest BCUT2D eigenvalue weighted by atomic mass is 35.5. The Kier molecular flexibility index (Phi) is 4.11. The van der Waals surface area contributed by atoms with Crippen LogP contribution in [0.15, 0.2) is 18.2 Å². The second kappa shape index (κ2) is 5.41. The van der Waals surface area contributed by atoms with Crippen molar-refractivity contribution < 1.29 is 0 Å². The van der Waals surface area contributed by atoms with Crippen LogP contribution in [0.5, 0.6) is 0 Å². The van der Waals surface area contributed by atoms with E-state index in [1.54, 1.807) is 0 Å². The minimum absolute atomic E-state index is 0.147. The molecule has 0 amide bonds. The molecule has 0 radical (unpaired) electrons. The second-order valence-corrected chi connectivity index (χ2v) is 5.54. The number of aryl methyl sites for hydroxylation is 1. The van der Waals surface area contributed by atoms with Crippen molar-refractivity contribution in [3.8, 4) is 0 Å². The second-order valence-electron chi connectivity index (χ2n) is 5.14. The summed E-state index contributed by atoms with van der Waals surface area (Å²) in [6, 6.07) is 6.53. The minimum atomic E-state index is 0.147. The van der Waals surface area contributed by atoms with Gasteiger partial charge in [0.1, 0.15) is 0 Å². The first-order chi connectivity index (χ1) is 8.18. The predicted molar refractivity (Wildman–Crippen MR) is 74.6 cm³/mol. The molecule has 1 saturated heterocycles. The Morgan fingerprint density at radius 1 is 1.29 bits per heavy atom. The van der Waals surface area contributed by atoms with Crippen LogP contribution in [-0.2, 0) is 5.54 Å². The van der Waals surface area contributed by atoms with E-state index in [4.69, 9.17) is 11.6 Å². The highest BCUT2D eigenvalue weighted by molar-refractivity contribution is 6.31. The third kappa shape index (κ3) is 2.66. The molecule has 1 nitrogen and oxygen atoms in total. The van der Waals surface area contributed by atoms with E-state index in [0.717, 1.165) is 23.6 Å². The SMILES string of the molecule is CCC1(c2ccc(C)c(Cl)c2)CCCCCN1. The van der Waals surface area contributed by atoms with Gasteiger partial charge in [-0.15, -0.1) is 0 Å². The lowest BCUT2D eigenvalue weighted by atomic mass is 9.83. The van der Waals surface area contributed by atoms with Crippen LogP contribution in [0.2, 0.25) is 5.02 Å². The average molecular weight is 252 g/mol. The van der Waals surface area contributed by atoms with Crippen molar-refractivity contribution in [1.82, 2.24) is 5.32 Å². The lowest BCUT2D eigenvalue weighted by Crippen LogP contribution is -2.41. The summed E-state index contributed by atoms with van der Waals surface area (Å²) in [4.78, 5) is 0. The molecular formula is C15H22ClN. The smallest absolute Gasteiger partial charge is 0.0438 e. The topological polar surface area (TPSA) is 12.0 Å². The molecule has 1 aliphatic rings. The first-order valence-corrected chi connectivity index (χ1v) is 7.07. The Hall–Kier alpha value is -0.530. The van der Waals surface area contributed by atoms with Crippen molar-refractivity contribution >= 4 is 11.6 Å². The maximum Gasteiger partial charge on any atom is 0.0438 e. The van der Waals surface area contributed by atoms with Gasteiger partial charge in [0.15, 0.2) is 0 Å². The molecule has 0 saturated carbocycles. The number of halogens is 1. The molecule has 1 fully saturated rings. The van der Waals surface area contributed by atoms with Gasteiger partial charge < -0.3 is 5.32 Å². The fourth-order valence-corrected chi connectivity index (χ4v) is 2.97. The molecule has 1 aromatic rings. The summed E-state index contributed by atoms with van der Waals surface area (Å²) in [5.41, 5.74) is 2.67. The van der Waals surface area contributed by atoms with E-state index in [2.05, 4.69) is 37.4 Å². The fourth-order valence-electron chi connectivity index (χ4n) is 2.79. The van der Waals surface area contributed by atoms with Crippen LogP contribution in [0.4, 0.5) is 0 Å². The number of rotatable bonds is 2. The Morgan fingerprint density at radius 2 is 2.12 bits per heavy atom. The summed E-state index contributed by atoms with van der Waals surface area (Å²) < 4.78 is 0. The Bertz CT molecular complexity index is 379. The molecule has 17 heavy (non-hydrogen) atoms. The number of hydrogen-bond acceptors (Lipinski definition) is 1. The fraction of sp³-hybridized carbons (Fsp3) is 0.600. The molecule has 1 N–H and O–H groups in total. The van der Waals surface area contributed by atoms with Gasteiger partial charge in [-0.1, -0.05) is 43.5 Å². The molecule has 1 aliphatic heterocycles. The van der Waals surface area contributed by atoms with Gasteiger partial charge in [0.2, 0.25) is 0 Å². The first-order valence-electron chi connectivity index (χ1n) is 6.69. The van der Waals surface area contributed by atoms with Crippen molar-refractivity contribution in [2.24, 2.45) is 0 Å². The standard InChI is InChI=1S/C15H22ClN/c1-3-15(9-5-4-6-10-17-15)13-8-7-12(2)14(16)11-13/h7-8,11,17H,3-6,9-10H2,1-2H3. The quantitative estimate of drug-likeness (QED) is 0.821. The van der Waals surface area contributed by atoms with Gasteiger partial charge in [0.25, 0.3) is 0 Å². The summed E-state index contributed by atoms with van der Waals surface area (Å²) in [6.07, 6.45) is 6.30. The molecule has 1 aromatic carbocycles. The first kappa shape index (κ1) is 12.9. The molecule has 0 bridgehead atoms. The van der Waals surface area contributed by atoms with Crippen molar-refractivity contribution in [2.75, 3.05) is 6.54 Å². The zero-order chi connectivity index (χ0) is 12.3. The summed E-state index contributed by atoms with van der Waals surface area (Å²) in [7, 11) is 0. The maximum atomic E-state index is 6.27. The Balaban J connectivity index is 2.35. The summed E-state index contributed by atoms with van der Waals surface area (Å²) in [6.45, 7) is 5.46. The van der Waals surface area contributed by atoms with E-state index in [9.17, 15) is 0 Å². The normalized spacial score (nSPS) is 25.6. The van der Waals surface area contributed by atoms with E-state index in [-0.39, 0.29) is 5.54 Å². The molecular weight excluding hydrogens is 230 g/mol. The molecule has 0 aliphatic carbocycles. The van der Waals surface area contributed by atoms with Gasteiger partial charge >= 0.3 is 0 Å². The van der Waals surface area contributed by atoms with Crippen molar-refractivity contribution in [1.29, 1.82) is 0 Å². The van der Waals surface area contributed by atoms with E-state index < -0.39 is 0 Å². The van der Waals surface area contributed by atoms with Crippen molar-refractivity contribution in [2.45, 2.75) is 51.5 Å². The average Bonchev–Trinajstić information content (AvgIpc) is 2.59. The molecule has 1 atom stereocenters. The van der Waals surface area contributed by atoms with E-state index in [1.807, 2.05) is 0 Å². The van der Waals surface area contributed by atoms with Crippen LogP contribution in [0.3, 0.4) is 0 Å². The van der Waals surface area contributed by atoms with Crippen molar-refractivity contribution in [3.05, 3.63) is 34.3 Å². The summed E-state index contributed by atoms with van der Waals surface area (Å²) >= 11 is 6.27. The van der Waals surface area contributed by atoms with Crippen LogP contribution >= 0.6 is 11.6 Å². The number of benzene rings is 1. The molecule has 1 heterocycles. The zero-order valence-corrected chi connectivity index (χ0v) is 11.6. The van der Waals surface area contributed by atoms with Gasteiger partial charge in [0.05, 0.1) is 0 Å². The van der Waals surface area contributed by atoms with Gasteiger partial charge in [-0.3, -0.25) is 0 Å². The van der Waals surface area contributed by atoms with Gasteiger partial charge in [-0.05, 0) is 49.9 Å². The van der Waals surface area contributed by atoms with E-state index in [0.29, 0.717) is 0 Å². The van der Waals surface area contributed by atoms with Crippen LogP contribution in [-0.4, -0.2) is 6.54 Å². The maximum absolute atomic E-state index is 6.27. The third-order valence-electron chi connectivity index (χ3n) is 4.07. The van der Waals surface area contributed by atoms with Crippen LogP contribution in [0.1, 0.15) is 50.2 Å². The molecule has 0 aromatic heterocycles. The number of nitrogens with one attached hydrogen (secondary N) is 1. The minimum Gasteiger partial charge on any atom is -0.307 e. The summed E-state index contributed by atoms with van der Waals surface area (Å²) in [5, 5.41) is 4.64. The van der Waals surface area contributed by atoms with Crippen LogP contribution in [0.25, 0.3) is 0 Å². The zero-order valence-electron chi connectivity index (χ0n) is 10.9. The van der Waals surface area contributed by atoms with Crippen molar-refractivity contribution in [3.63, 3.8) is 0 Å². The third-order valence-corrected chi connectivity index (χ3v) is 4.48. The highest BCUT2D eigenvalue weighted by Gasteiger charge is 2.30. The monoisotopic (exact) mass is 251 g/mol. The van der Waals surface area contributed by atoms with Crippen LogP contribution in [0, 0.1) is 6.92 Å².